The summed E-state index contributed by atoms with van der Waals surface area (Å²) < 4.78 is 91.0. The van der Waals surface area contributed by atoms with Gasteiger partial charge in [0.25, 0.3) is 0 Å². The van der Waals surface area contributed by atoms with Crippen molar-refractivity contribution in [3.63, 3.8) is 0 Å². The Hall–Kier alpha value is -1.23. The molecule has 0 heterocycles. The zero-order chi connectivity index (χ0) is 14.2. The Kier molecular flexibility index (Phi) is 3.91. The normalized spacial score (nSPS) is 13.4. The van der Waals surface area contributed by atoms with Crippen molar-refractivity contribution in [1.82, 2.24) is 4.90 Å². The van der Waals surface area contributed by atoms with E-state index >= 15 is 0 Å². The summed E-state index contributed by atoms with van der Waals surface area (Å²) in [4.78, 5) is 10.0. The van der Waals surface area contributed by atoms with Crippen LogP contribution in [0.1, 0.15) is 0 Å². The van der Waals surface area contributed by atoms with Crippen molar-refractivity contribution in [3.8, 4) is 0 Å². The van der Waals surface area contributed by atoms with E-state index in [0.717, 1.165) is 0 Å². The van der Waals surface area contributed by atoms with Crippen molar-refractivity contribution in [2.75, 3.05) is 7.05 Å². The molecule has 0 spiro atoms. The van der Waals surface area contributed by atoms with Crippen LogP contribution in [0.2, 0.25) is 0 Å². The molecular weight excluding hydrogens is 277 g/mol. The van der Waals surface area contributed by atoms with E-state index in [1.165, 1.54) is 0 Å². The van der Waals surface area contributed by atoms with Gasteiger partial charge in [0.1, 0.15) is 15.1 Å². The molecule has 0 fully saturated rings. The lowest BCUT2D eigenvalue weighted by Crippen LogP contribution is -2.51. The van der Waals surface area contributed by atoms with Crippen LogP contribution >= 0.6 is 0 Å². The van der Waals surface area contributed by atoms with E-state index in [2.05, 4.69) is 6.58 Å². The third-order valence-corrected chi connectivity index (χ3v) is 2.44. The first-order valence-corrected chi connectivity index (χ1v) is 5.01. The van der Waals surface area contributed by atoms with E-state index in [-0.39, 0.29) is 7.05 Å². The molecule has 0 aromatic heterocycles. The molecule has 11 heteroatoms. The Morgan fingerprint density at radius 3 is 1.82 bits per heavy atom. The van der Waals surface area contributed by atoms with Crippen LogP contribution in [-0.4, -0.2) is 42.9 Å². The van der Waals surface area contributed by atoms with Gasteiger partial charge < -0.3 is 9.45 Å². The largest absolute Gasteiger partial charge is 0.743 e. The molecule has 100 valence electrons. The average molecular weight is 282 g/mol. The molecule has 0 bridgehead atoms. The lowest BCUT2D eigenvalue weighted by molar-refractivity contribution is -0.273. The molecule has 1 amide bonds. The molecule has 0 aliphatic carbocycles. The Labute approximate surface area is 92.3 Å². The maximum Gasteiger partial charge on any atom is 0.463 e. The molecule has 5 nitrogen and oxygen atoms in total. The van der Waals surface area contributed by atoms with E-state index in [1.807, 2.05) is 0 Å². The minimum absolute atomic E-state index is 0.264. The average Bonchev–Trinajstić information content (AvgIpc) is 2.10. The molecular formula is C6H5F5NO4S-. The summed E-state index contributed by atoms with van der Waals surface area (Å²) in [5.74, 6) is -8.72. The summed E-state index contributed by atoms with van der Waals surface area (Å²) in [5, 5.41) is -1.70. The number of amides is 1. The van der Waals surface area contributed by atoms with E-state index in [9.17, 15) is 39.7 Å². The van der Waals surface area contributed by atoms with Gasteiger partial charge >= 0.3 is 18.0 Å². The number of rotatable bonds is 3. The lowest BCUT2D eigenvalue weighted by Gasteiger charge is -2.26. The Morgan fingerprint density at radius 2 is 1.59 bits per heavy atom. The highest BCUT2D eigenvalue weighted by atomic mass is 32.2. The van der Waals surface area contributed by atoms with Gasteiger partial charge in [-0.05, 0) is 0 Å². The number of nitrogens with zero attached hydrogens (tertiary/aromatic N) is 1. The Balaban J connectivity index is 5.30. The molecule has 0 rings (SSSR count). The highest BCUT2D eigenvalue weighted by molar-refractivity contribution is 7.89. The monoisotopic (exact) mass is 282 g/mol. The van der Waals surface area contributed by atoms with Crippen LogP contribution in [0.5, 0.6) is 0 Å². The maximum absolute atomic E-state index is 12.5. The molecule has 0 aromatic carbocycles. The van der Waals surface area contributed by atoms with Crippen LogP contribution in [0.3, 0.4) is 0 Å². The fraction of sp³-hybridized carbons (Fsp3) is 0.500. The molecule has 0 saturated carbocycles. The van der Waals surface area contributed by atoms with Crippen LogP contribution in [-0.2, 0) is 14.9 Å². The van der Waals surface area contributed by atoms with Gasteiger partial charge in [-0.25, -0.2) is 8.42 Å². The zero-order valence-corrected chi connectivity index (χ0v) is 8.90. The predicted molar refractivity (Wildman–Crippen MR) is 42.6 cm³/mol. The summed E-state index contributed by atoms with van der Waals surface area (Å²) in [6.07, 6.45) is -6.20. The fourth-order valence-electron chi connectivity index (χ4n) is 0.613. The summed E-state index contributed by atoms with van der Waals surface area (Å²) >= 11 is 0. The SMILES string of the molecule is C=C(N(C)C(=O)C(F)(F)C(F)(F)F)S(=O)(=O)[O-]. The van der Waals surface area contributed by atoms with E-state index < -0.39 is 38.1 Å². The molecule has 17 heavy (non-hydrogen) atoms. The number of alkyl halides is 5. The van der Waals surface area contributed by atoms with Gasteiger partial charge in [0.05, 0.1) is 0 Å². The van der Waals surface area contributed by atoms with Crippen LogP contribution in [0.4, 0.5) is 22.0 Å². The number of halogens is 5. The first kappa shape index (κ1) is 15.8. The van der Waals surface area contributed by atoms with Gasteiger partial charge in [0.15, 0.2) is 0 Å². The highest BCUT2D eigenvalue weighted by Crippen LogP contribution is 2.37. The molecule has 0 saturated heterocycles. The summed E-state index contributed by atoms with van der Waals surface area (Å²) in [7, 11) is -5.13. The number of hydrogen-bond donors (Lipinski definition) is 0. The Bertz CT molecular complexity index is 440. The first-order chi connectivity index (χ1) is 7.23. The van der Waals surface area contributed by atoms with Crippen molar-refractivity contribution in [3.05, 3.63) is 11.6 Å². The van der Waals surface area contributed by atoms with Crippen molar-refractivity contribution in [1.29, 1.82) is 0 Å². The van der Waals surface area contributed by atoms with Crippen molar-refractivity contribution < 1.29 is 39.7 Å². The van der Waals surface area contributed by atoms with Crippen molar-refractivity contribution in [2.45, 2.75) is 12.1 Å². The summed E-state index contributed by atoms with van der Waals surface area (Å²) in [5.41, 5.74) is 0. The molecule has 0 aliphatic rings. The quantitative estimate of drug-likeness (QED) is 0.562. The molecule has 0 unspecified atom stereocenters. The zero-order valence-electron chi connectivity index (χ0n) is 8.09. The van der Waals surface area contributed by atoms with E-state index in [1.54, 1.807) is 0 Å². The molecule has 0 aromatic rings. The minimum atomic E-state index is -6.20. The second-order valence-electron chi connectivity index (χ2n) is 2.78. The first-order valence-electron chi connectivity index (χ1n) is 3.60. The van der Waals surface area contributed by atoms with Crippen LogP contribution < -0.4 is 0 Å². The van der Waals surface area contributed by atoms with Crippen LogP contribution in [0.25, 0.3) is 0 Å². The standard InChI is InChI=1S/C6H6F5NO4S/c1-3(17(14,15)16)12(2)4(13)5(7,8)6(9,10)11/h1H2,2H3,(H,14,15,16)/p-1. The topological polar surface area (TPSA) is 77.5 Å². The van der Waals surface area contributed by atoms with Crippen molar-refractivity contribution >= 4 is 16.0 Å². The minimum Gasteiger partial charge on any atom is -0.743 e. The third-order valence-electron chi connectivity index (χ3n) is 1.59. The van der Waals surface area contributed by atoms with Crippen LogP contribution in [0.15, 0.2) is 11.6 Å². The van der Waals surface area contributed by atoms with Gasteiger partial charge in [-0.15, -0.1) is 0 Å². The second kappa shape index (κ2) is 4.22. The van der Waals surface area contributed by atoms with E-state index in [0.29, 0.717) is 0 Å². The van der Waals surface area contributed by atoms with Crippen LogP contribution in [0, 0.1) is 0 Å². The molecule has 0 N–H and O–H groups in total. The molecule has 0 radical (unpaired) electrons. The fourth-order valence-corrected chi connectivity index (χ4v) is 1.03. The molecule has 0 aliphatic heterocycles. The lowest BCUT2D eigenvalue weighted by atomic mass is 10.3. The smallest absolute Gasteiger partial charge is 0.463 e. The Morgan fingerprint density at radius 1 is 1.24 bits per heavy atom. The summed E-state index contributed by atoms with van der Waals surface area (Å²) in [6.45, 7) is 2.45. The number of hydrogen-bond acceptors (Lipinski definition) is 4. The van der Waals surface area contributed by atoms with Gasteiger partial charge in [0.2, 0.25) is 0 Å². The molecule has 0 atom stereocenters. The van der Waals surface area contributed by atoms with Crippen molar-refractivity contribution in [2.24, 2.45) is 0 Å². The number of carbonyl (C=O) groups excluding carboxylic acids is 1. The van der Waals surface area contributed by atoms with Gasteiger partial charge in [-0.3, -0.25) is 4.79 Å². The number of carbonyl (C=O) groups is 1. The van der Waals surface area contributed by atoms with Gasteiger partial charge in [-0.1, -0.05) is 6.58 Å². The maximum atomic E-state index is 12.5. The summed E-state index contributed by atoms with van der Waals surface area (Å²) in [6, 6.07) is 0. The predicted octanol–water partition coefficient (Wildman–Crippen LogP) is 0.659. The second-order valence-corrected chi connectivity index (χ2v) is 4.16. The van der Waals surface area contributed by atoms with E-state index in [4.69, 9.17) is 0 Å². The van der Waals surface area contributed by atoms with Gasteiger partial charge in [0, 0.05) is 7.05 Å². The van der Waals surface area contributed by atoms with Gasteiger partial charge in [-0.2, -0.15) is 22.0 Å². The highest BCUT2D eigenvalue weighted by Gasteiger charge is 2.64. The third kappa shape index (κ3) is 3.12.